The molecular formula is C19H26N2O2. The molecule has 3 rings (SSSR count). The summed E-state index contributed by atoms with van der Waals surface area (Å²) in [5.74, 6) is 1.01. The Labute approximate surface area is 138 Å². The molecule has 23 heavy (non-hydrogen) atoms. The maximum atomic E-state index is 12.5. The molecular weight excluding hydrogens is 288 g/mol. The Morgan fingerprint density at radius 1 is 1.26 bits per heavy atom. The van der Waals surface area contributed by atoms with Gasteiger partial charge in [-0.1, -0.05) is 19.1 Å². The van der Waals surface area contributed by atoms with Crippen molar-refractivity contribution in [3.8, 4) is 0 Å². The highest BCUT2D eigenvalue weighted by molar-refractivity contribution is 5.94. The van der Waals surface area contributed by atoms with Crippen molar-refractivity contribution in [1.82, 2.24) is 10.2 Å². The zero-order chi connectivity index (χ0) is 16.2. The van der Waals surface area contributed by atoms with E-state index in [9.17, 15) is 9.59 Å². The molecule has 1 aliphatic carbocycles. The Bertz CT molecular complexity index is 576. The van der Waals surface area contributed by atoms with E-state index in [2.05, 4.69) is 12.2 Å². The minimum absolute atomic E-state index is 0.0131. The second-order valence-electron chi connectivity index (χ2n) is 7.05. The summed E-state index contributed by atoms with van der Waals surface area (Å²) in [6.07, 6.45) is 6.15. The Morgan fingerprint density at radius 2 is 2.04 bits per heavy atom. The second kappa shape index (κ2) is 7.16. The van der Waals surface area contributed by atoms with E-state index < -0.39 is 0 Å². The van der Waals surface area contributed by atoms with Crippen molar-refractivity contribution in [1.29, 1.82) is 0 Å². The predicted octanol–water partition coefficient (Wildman–Crippen LogP) is 3.12. The van der Waals surface area contributed by atoms with Crippen molar-refractivity contribution in [2.75, 3.05) is 6.54 Å². The minimum atomic E-state index is 0.0131. The van der Waals surface area contributed by atoms with Gasteiger partial charge in [0.1, 0.15) is 0 Å². The van der Waals surface area contributed by atoms with Crippen LogP contribution in [0.25, 0.3) is 0 Å². The van der Waals surface area contributed by atoms with Gasteiger partial charge in [0.15, 0.2) is 0 Å². The molecule has 1 N–H and O–H groups in total. The zero-order valence-corrected chi connectivity index (χ0v) is 13.9. The highest BCUT2D eigenvalue weighted by atomic mass is 16.2. The lowest BCUT2D eigenvalue weighted by Gasteiger charge is -2.27. The Hall–Kier alpha value is -1.84. The Balaban J connectivity index is 1.60. The van der Waals surface area contributed by atoms with Gasteiger partial charge < -0.3 is 10.2 Å². The molecule has 0 aromatic heterocycles. The van der Waals surface area contributed by atoms with E-state index in [0.29, 0.717) is 24.6 Å². The molecule has 1 saturated carbocycles. The molecule has 0 radical (unpaired) electrons. The summed E-state index contributed by atoms with van der Waals surface area (Å²) >= 11 is 0. The van der Waals surface area contributed by atoms with E-state index in [-0.39, 0.29) is 11.8 Å². The molecule has 0 bridgehead atoms. The van der Waals surface area contributed by atoms with Gasteiger partial charge in [-0.05, 0) is 55.7 Å². The Morgan fingerprint density at radius 3 is 2.74 bits per heavy atom. The number of rotatable bonds is 4. The molecule has 1 aliphatic heterocycles. The van der Waals surface area contributed by atoms with Crippen LogP contribution in [-0.4, -0.2) is 29.3 Å². The molecule has 2 aliphatic rings. The number of hydrogen-bond donors (Lipinski definition) is 1. The molecule has 1 aromatic rings. The number of likely N-dealkylation sites (tertiary alicyclic amines) is 1. The molecule has 2 amide bonds. The van der Waals surface area contributed by atoms with Gasteiger partial charge in [0.05, 0.1) is 0 Å². The maximum Gasteiger partial charge on any atom is 0.251 e. The number of amides is 2. The molecule has 0 unspecified atom stereocenters. The van der Waals surface area contributed by atoms with Crippen molar-refractivity contribution in [2.45, 2.75) is 58.0 Å². The first-order valence-corrected chi connectivity index (χ1v) is 8.79. The minimum Gasteiger partial charge on any atom is -0.349 e. The standard InChI is InChI=1S/C19H26N2O2/c1-14-7-9-17(10-8-14)20-19(23)16-5-2-4-15(12-16)13-21-11-3-6-18(21)22/h2,4-5,12,14,17H,3,6-11,13H2,1H3,(H,20,23). The van der Waals surface area contributed by atoms with Crippen LogP contribution in [0.4, 0.5) is 0 Å². The fourth-order valence-electron chi connectivity index (χ4n) is 3.58. The van der Waals surface area contributed by atoms with E-state index >= 15 is 0 Å². The quantitative estimate of drug-likeness (QED) is 0.928. The summed E-state index contributed by atoms with van der Waals surface area (Å²) in [5, 5.41) is 3.17. The van der Waals surface area contributed by atoms with Crippen molar-refractivity contribution >= 4 is 11.8 Å². The van der Waals surface area contributed by atoms with Gasteiger partial charge in [-0.15, -0.1) is 0 Å². The Kier molecular flexibility index (Phi) is 4.99. The van der Waals surface area contributed by atoms with Crippen LogP contribution in [0.3, 0.4) is 0 Å². The monoisotopic (exact) mass is 314 g/mol. The smallest absolute Gasteiger partial charge is 0.251 e. The summed E-state index contributed by atoms with van der Waals surface area (Å²) in [4.78, 5) is 26.1. The van der Waals surface area contributed by atoms with Crippen molar-refractivity contribution in [3.63, 3.8) is 0 Å². The van der Waals surface area contributed by atoms with Crippen LogP contribution in [0.1, 0.15) is 61.4 Å². The van der Waals surface area contributed by atoms with E-state index in [1.807, 2.05) is 29.2 Å². The van der Waals surface area contributed by atoms with Crippen LogP contribution in [0.15, 0.2) is 24.3 Å². The lowest BCUT2D eigenvalue weighted by molar-refractivity contribution is -0.128. The van der Waals surface area contributed by atoms with Gasteiger partial charge in [0.25, 0.3) is 5.91 Å². The molecule has 2 fully saturated rings. The van der Waals surface area contributed by atoms with E-state index in [4.69, 9.17) is 0 Å². The molecule has 0 atom stereocenters. The van der Waals surface area contributed by atoms with Gasteiger partial charge >= 0.3 is 0 Å². The lowest BCUT2D eigenvalue weighted by atomic mass is 9.87. The number of nitrogens with one attached hydrogen (secondary N) is 1. The predicted molar refractivity (Wildman–Crippen MR) is 90.0 cm³/mol. The van der Waals surface area contributed by atoms with Crippen LogP contribution in [0.2, 0.25) is 0 Å². The van der Waals surface area contributed by atoms with Crippen molar-refractivity contribution in [2.24, 2.45) is 5.92 Å². The number of nitrogens with zero attached hydrogens (tertiary/aromatic N) is 1. The average Bonchev–Trinajstić information content (AvgIpc) is 2.95. The van der Waals surface area contributed by atoms with Crippen LogP contribution in [-0.2, 0) is 11.3 Å². The summed E-state index contributed by atoms with van der Waals surface area (Å²) in [5.41, 5.74) is 1.73. The van der Waals surface area contributed by atoms with Crippen LogP contribution < -0.4 is 5.32 Å². The highest BCUT2D eigenvalue weighted by Crippen LogP contribution is 2.23. The first kappa shape index (κ1) is 16.0. The lowest BCUT2D eigenvalue weighted by Crippen LogP contribution is -2.37. The maximum absolute atomic E-state index is 12.5. The molecule has 0 spiro atoms. The van der Waals surface area contributed by atoms with E-state index in [1.165, 1.54) is 12.8 Å². The number of hydrogen-bond acceptors (Lipinski definition) is 2. The SMILES string of the molecule is CC1CCC(NC(=O)c2cccc(CN3CCCC3=O)c2)CC1. The molecule has 4 heteroatoms. The van der Waals surface area contributed by atoms with Crippen molar-refractivity contribution in [3.05, 3.63) is 35.4 Å². The highest BCUT2D eigenvalue weighted by Gasteiger charge is 2.22. The fourth-order valence-corrected chi connectivity index (χ4v) is 3.58. The van der Waals surface area contributed by atoms with Gasteiger partial charge in [0, 0.05) is 31.1 Å². The summed E-state index contributed by atoms with van der Waals surface area (Å²) in [6.45, 7) is 3.72. The third-order valence-electron chi connectivity index (χ3n) is 5.09. The summed E-state index contributed by atoms with van der Waals surface area (Å²) < 4.78 is 0. The van der Waals surface area contributed by atoms with Crippen molar-refractivity contribution < 1.29 is 9.59 Å². The normalized spacial score (nSPS) is 24.7. The topological polar surface area (TPSA) is 49.4 Å². The van der Waals surface area contributed by atoms with Gasteiger partial charge in [0.2, 0.25) is 5.91 Å². The number of carbonyl (C=O) groups excluding carboxylic acids is 2. The van der Waals surface area contributed by atoms with E-state index in [1.54, 1.807) is 0 Å². The molecule has 1 heterocycles. The average molecular weight is 314 g/mol. The van der Waals surface area contributed by atoms with Crippen LogP contribution in [0, 0.1) is 5.92 Å². The van der Waals surface area contributed by atoms with E-state index in [0.717, 1.165) is 37.3 Å². The number of carbonyl (C=O) groups is 2. The van der Waals surface area contributed by atoms with Gasteiger partial charge in [-0.3, -0.25) is 9.59 Å². The summed E-state index contributed by atoms with van der Waals surface area (Å²) in [6, 6.07) is 7.99. The molecule has 1 aromatic carbocycles. The van der Waals surface area contributed by atoms with Gasteiger partial charge in [-0.2, -0.15) is 0 Å². The molecule has 4 nitrogen and oxygen atoms in total. The first-order valence-electron chi connectivity index (χ1n) is 8.79. The molecule has 1 saturated heterocycles. The van der Waals surface area contributed by atoms with Crippen LogP contribution in [0.5, 0.6) is 0 Å². The molecule has 124 valence electrons. The second-order valence-corrected chi connectivity index (χ2v) is 7.05. The third-order valence-corrected chi connectivity index (χ3v) is 5.09. The van der Waals surface area contributed by atoms with Crippen LogP contribution >= 0.6 is 0 Å². The summed E-state index contributed by atoms with van der Waals surface area (Å²) in [7, 11) is 0. The largest absolute Gasteiger partial charge is 0.349 e. The fraction of sp³-hybridized carbons (Fsp3) is 0.579. The third kappa shape index (κ3) is 4.12. The first-order chi connectivity index (χ1) is 11.1. The zero-order valence-electron chi connectivity index (χ0n) is 13.9. The van der Waals surface area contributed by atoms with Gasteiger partial charge in [-0.25, -0.2) is 0 Å². The number of benzene rings is 1.